The zero-order valence-electron chi connectivity index (χ0n) is 10.9. The molecule has 1 heterocycles. The molecule has 0 saturated heterocycles. The second kappa shape index (κ2) is 6.77. The van der Waals surface area contributed by atoms with Crippen molar-refractivity contribution in [2.24, 2.45) is 0 Å². The summed E-state index contributed by atoms with van der Waals surface area (Å²) in [5.41, 5.74) is 1.01. The smallest absolute Gasteiger partial charge is 0.138 e. The molecule has 0 atom stereocenters. The molecule has 96 valence electrons. The number of halogens is 1. The molecule has 0 saturated carbocycles. The van der Waals surface area contributed by atoms with E-state index in [1.165, 1.54) is 6.33 Å². The van der Waals surface area contributed by atoms with Crippen LogP contribution in [0.3, 0.4) is 0 Å². The van der Waals surface area contributed by atoms with E-state index in [1.807, 2.05) is 7.05 Å². The van der Waals surface area contributed by atoms with Gasteiger partial charge in [0.2, 0.25) is 0 Å². The second-order valence-corrected chi connectivity index (χ2v) is 4.68. The average molecular weight is 258 g/mol. The van der Waals surface area contributed by atoms with Gasteiger partial charge in [0, 0.05) is 32.9 Å². The highest BCUT2D eigenvalue weighted by Crippen LogP contribution is 2.29. The number of methoxy groups -OCH3 is 1. The third-order valence-electron chi connectivity index (χ3n) is 2.60. The summed E-state index contributed by atoms with van der Waals surface area (Å²) in [5, 5.41) is 0.545. The van der Waals surface area contributed by atoms with Gasteiger partial charge in [0.05, 0.1) is 0 Å². The van der Waals surface area contributed by atoms with Crippen LogP contribution in [0.2, 0.25) is 5.15 Å². The molecule has 1 rings (SSSR count). The summed E-state index contributed by atoms with van der Waals surface area (Å²) in [6.45, 7) is 5.83. The lowest BCUT2D eigenvalue weighted by atomic mass is 10.1. The van der Waals surface area contributed by atoms with Crippen LogP contribution < -0.4 is 4.90 Å². The van der Waals surface area contributed by atoms with E-state index in [9.17, 15) is 0 Å². The van der Waals surface area contributed by atoms with Crippen LogP contribution in [0.15, 0.2) is 6.33 Å². The Morgan fingerprint density at radius 3 is 2.71 bits per heavy atom. The number of anilines is 1. The molecule has 0 aliphatic carbocycles. The first-order valence-electron chi connectivity index (χ1n) is 5.78. The van der Waals surface area contributed by atoms with Gasteiger partial charge in [-0.2, -0.15) is 0 Å². The van der Waals surface area contributed by atoms with E-state index in [2.05, 4.69) is 28.7 Å². The fraction of sp³-hybridized carbons (Fsp3) is 0.667. The SMILES string of the molecule is COCCCN(C)c1ncnc(Cl)c1C(C)C. The Morgan fingerprint density at radius 1 is 1.41 bits per heavy atom. The molecule has 17 heavy (non-hydrogen) atoms. The Hall–Kier alpha value is -0.870. The molecule has 5 heteroatoms. The summed E-state index contributed by atoms with van der Waals surface area (Å²) >= 11 is 6.13. The maximum Gasteiger partial charge on any atom is 0.138 e. The molecule has 0 aliphatic rings. The number of nitrogens with zero attached hydrogens (tertiary/aromatic N) is 3. The summed E-state index contributed by atoms with van der Waals surface area (Å²) in [5.74, 6) is 1.22. The van der Waals surface area contributed by atoms with Crippen LogP contribution in [0, 0.1) is 0 Å². The van der Waals surface area contributed by atoms with Crippen LogP contribution in [0.1, 0.15) is 31.7 Å². The third kappa shape index (κ3) is 3.82. The summed E-state index contributed by atoms with van der Waals surface area (Å²) in [6.07, 6.45) is 2.47. The fourth-order valence-electron chi connectivity index (χ4n) is 1.72. The van der Waals surface area contributed by atoms with Crippen molar-refractivity contribution in [1.29, 1.82) is 0 Å². The Labute approximate surface area is 108 Å². The lowest BCUT2D eigenvalue weighted by Crippen LogP contribution is -2.23. The van der Waals surface area contributed by atoms with E-state index < -0.39 is 0 Å². The van der Waals surface area contributed by atoms with Crippen LogP contribution in [0.4, 0.5) is 5.82 Å². The highest BCUT2D eigenvalue weighted by Gasteiger charge is 2.16. The van der Waals surface area contributed by atoms with E-state index in [1.54, 1.807) is 7.11 Å². The molecule has 0 aliphatic heterocycles. The average Bonchev–Trinajstić information content (AvgIpc) is 2.28. The highest BCUT2D eigenvalue weighted by molar-refractivity contribution is 6.30. The number of aromatic nitrogens is 2. The Balaban J connectivity index is 2.85. The Kier molecular flexibility index (Phi) is 5.65. The zero-order chi connectivity index (χ0) is 12.8. The van der Waals surface area contributed by atoms with Crippen molar-refractivity contribution in [2.75, 3.05) is 32.2 Å². The van der Waals surface area contributed by atoms with Crippen molar-refractivity contribution in [1.82, 2.24) is 9.97 Å². The minimum absolute atomic E-state index is 0.309. The van der Waals surface area contributed by atoms with E-state index in [0.29, 0.717) is 11.1 Å². The maximum absolute atomic E-state index is 6.13. The zero-order valence-corrected chi connectivity index (χ0v) is 11.7. The molecule has 0 amide bonds. The maximum atomic E-state index is 6.13. The third-order valence-corrected chi connectivity index (χ3v) is 2.90. The van der Waals surface area contributed by atoms with Gasteiger partial charge in [-0.25, -0.2) is 9.97 Å². The van der Waals surface area contributed by atoms with Crippen LogP contribution in [0.5, 0.6) is 0 Å². The van der Waals surface area contributed by atoms with Gasteiger partial charge in [-0.05, 0) is 12.3 Å². The predicted molar refractivity (Wildman–Crippen MR) is 70.9 cm³/mol. The van der Waals surface area contributed by atoms with Crippen molar-refractivity contribution >= 4 is 17.4 Å². The Bertz CT molecular complexity index is 358. The standard InChI is InChI=1S/C12H20ClN3O/c1-9(2)10-11(13)14-8-15-12(10)16(3)6-5-7-17-4/h8-9H,5-7H2,1-4H3. The molecule has 0 bridgehead atoms. The minimum Gasteiger partial charge on any atom is -0.385 e. The lowest BCUT2D eigenvalue weighted by molar-refractivity contribution is 0.196. The molecule has 0 unspecified atom stereocenters. The van der Waals surface area contributed by atoms with Crippen molar-refractivity contribution < 1.29 is 4.74 Å². The monoisotopic (exact) mass is 257 g/mol. The molecular weight excluding hydrogens is 238 g/mol. The van der Waals surface area contributed by atoms with Gasteiger partial charge in [-0.3, -0.25) is 0 Å². The predicted octanol–water partition coefficient (Wildman–Crippen LogP) is 2.73. The summed E-state index contributed by atoms with van der Waals surface area (Å²) in [6, 6.07) is 0. The molecule has 0 spiro atoms. The quantitative estimate of drug-likeness (QED) is 0.580. The highest BCUT2D eigenvalue weighted by atomic mass is 35.5. The number of ether oxygens (including phenoxy) is 1. The molecule has 0 N–H and O–H groups in total. The second-order valence-electron chi connectivity index (χ2n) is 4.32. The van der Waals surface area contributed by atoms with Gasteiger partial charge in [0.15, 0.2) is 0 Å². The lowest BCUT2D eigenvalue weighted by Gasteiger charge is -2.22. The molecular formula is C12H20ClN3O. The molecule has 0 aromatic carbocycles. The topological polar surface area (TPSA) is 38.2 Å². The molecule has 0 radical (unpaired) electrons. The van der Waals surface area contributed by atoms with E-state index >= 15 is 0 Å². The van der Waals surface area contributed by atoms with Gasteiger partial charge >= 0.3 is 0 Å². The van der Waals surface area contributed by atoms with Crippen molar-refractivity contribution in [3.63, 3.8) is 0 Å². The van der Waals surface area contributed by atoms with Gasteiger partial charge in [0.1, 0.15) is 17.3 Å². The van der Waals surface area contributed by atoms with Gasteiger partial charge in [-0.1, -0.05) is 25.4 Å². The van der Waals surface area contributed by atoms with E-state index in [0.717, 1.165) is 31.0 Å². The van der Waals surface area contributed by atoms with E-state index in [4.69, 9.17) is 16.3 Å². The molecule has 0 fully saturated rings. The molecule has 4 nitrogen and oxygen atoms in total. The van der Waals surface area contributed by atoms with Gasteiger partial charge in [-0.15, -0.1) is 0 Å². The first-order chi connectivity index (χ1) is 8.07. The minimum atomic E-state index is 0.309. The van der Waals surface area contributed by atoms with Gasteiger partial charge in [0.25, 0.3) is 0 Å². The fourth-order valence-corrected chi connectivity index (χ4v) is 2.06. The van der Waals surface area contributed by atoms with E-state index in [-0.39, 0.29) is 0 Å². The van der Waals surface area contributed by atoms with Crippen LogP contribution >= 0.6 is 11.6 Å². The number of hydrogen-bond donors (Lipinski definition) is 0. The molecule has 1 aromatic heterocycles. The largest absolute Gasteiger partial charge is 0.385 e. The Morgan fingerprint density at radius 2 is 2.12 bits per heavy atom. The first kappa shape index (κ1) is 14.2. The number of rotatable bonds is 6. The normalized spacial score (nSPS) is 10.9. The molecule has 1 aromatic rings. The van der Waals surface area contributed by atoms with Crippen molar-refractivity contribution in [3.8, 4) is 0 Å². The number of hydrogen-bond acceptors (Lipinski definition) is 4. The van der Waals surface area contributed by atoms with Crippen LogP contribution in [-0.4, -0.2) is 37.3 Å². The summed E-state index contributed by atoms with van der Waals surface area (Å²) < 4.78 is 5.04. The van der Waals surface area contributed by atoms with Crippen molar-refractivity contribution in [3.05, 3.63) is 17.0 Å². The first-order valence-corrected chi connectivity index (χ1v) is 6.16. The van der Waals surface area contributed by atoms with Crippen LogP contribution in [0.25, 0.3) is 0 Å². The summed E-state index contributed by atoms with van der Waals surface area (Å²) in [7, 11) is 3.72. The van der Waals surface area contributed by atoms with Gasteiger partial charge < -0.3 is 9.64 Å². The van der Waals surface area contributed by atoms with Crippen LogP contribution in [-0.2, 0) is 4.74 Å². The summed E-state index contributed by atoms with van der Waals surface area (Å²) in [4.78, 5) is 10.5. The van der Waals surface area contributed by atoms with Crippen molar-refractivity contribution in [2.45, 2.75) is 26.2 Å².